The van der Waals surface area contributed by atoms with Crippen LogP contribution < -0.4 is 5.32 Å². The Bertz CT molecular complexity index is 171. The number of nitrogens with one attached hydrogen (secondary N) is 1. The summed E-state index contributed by atoms with van der Waals surface area (Å²) in [4.78, 5) is 4.87. The molecule has 0 heterocycles. The van der Waals surface area contributed by atoms with Gasteiger partial charge in [-0.15, -0.1) is 0 Å². The summed E-state index contributed by atoms with van der Waals surface area (Å²) in [6.07, 6.45) is 5.11. The zero-order chi connectivity index (χ0) is 13.8. The Hall–Kier alpha value is -0.120. The van der Waals surface area contributed by atoms with Gasteiger partial charge in [-0.1, -0.05) is 20.3 Å². The Balaban J connectivity index is 3.62. The van der Waals surface area contributed by atoms with E-state index >= 15 is 0 Å². The van der Waals surface area contributed by atoms with Gasteiger partial charge in [0, 0.05) is 19.1 Å². The molecule has 0 aromatic heterocycles. The van der Waals surface area contributed by atoms with Crippen LogP contribution in [0.4, 0.5) is 0 Å². The molecule has 0 rings (SSSR count). The highest BCUT2D eigenvalue weighted by molar-refractivity contribution is 4.67. The van der Waals surface area contributed by atoms with Gasteiger partial charge < -0.3 is 10.2 Å². The summed E-state index contributed by atoms with van der Waals surface area (Å²) in [7, 11) is 4.27. The maximum Gasteiger partial charge on any atom is 0.0110 e. The number of unbranched alkanes of at least 4 members (excludes halogenated alkanes) is 1. The summed E-state index contributed by atoms with van der Waals surface area (Å²) in [5.41, 5.74) is 0. The average molecular weight is 257 g/mol. The number of hydrogen-bond donors (Lipinski definition) is 1. The molecule has 0 fully saturated rings. The lowest BCUT2D eigenvalue weighted by Crippen LogP contribution is -2.39. The van der Waals surface area contributed by atoms with Crippen LogP contribution in [0.3, 0.4) is 0 Å². The molecule has 0 aliphatic carbocycles. The van der Waals surface area contributed by atoms with Crippen molar-refractivity contribution in [3.05, 3.63) is 0 Å². The molecule has 1 unspecified atom stereocenters. The first-order valence-corrected chi connectivity index (χ1v) is 7.71. The molecule has 3 nitrogen and oxygen atoms in total. The molecule has 0 radical (unpaired) electrons. The van der Waals surface area contributed by atoms with E-state index in [1.54, 1.807) is 0 Å². The molecule has 0 aromatic carbocycles. The molecule has 0 aliphatic rings. The minimum absolute atomic E-state index is 0.722. The summed E-state index contributed by atoms with van der Waals surface area (Å²) in [5, 5.41) is 3.56. The molecule has 3 heteroatoms. The van der Waals surface area contributed by atoms with Crippen LogP contribution in [0, 0.1) is 0 Å². The van der Waals surface area contributed by atoms with E-state index in [9.17, 15) is 0 Å². The third-order valence-corrected chi connectivity index (χ3v) is 3.55. The van der Waals surface area contributed by atoms with E-state index in [2.05, 4.69) is 50.0 Å². The maximum absolute atomic E-state index is 3.56. The lowest BCUT2D eigenvalue weighted by atomic mass is 10.2. The number of nitrogens with zero attached hydrogens (tertiary/aromatic N) is 2. The van der Waals surface area contributed by atoms with Gasteiger partial charge in [-0.25, -0.2) is 0 Å². The normalized spacial score (nSPS) is 13.5. The molecule has 1 N–H and O–H groups in total. The minimum atomic E-state index is 0.722. The standard InChI is InChI=1S/C15H35N3/c1-6-8-13-18(15(3)7-2)14-11-16-10-9-12-17(4)5/h15-16H,6-14H2,1-5H3. The van der Waals surface area contributed by atoms with Gasteiger partial charge >= 0.3 is 0 Å². The zero-order valence-corrected chi connectivity index (χ0v) is 13.3. The maximum atomic E-state index is 3.56. The van der Waals surface area contributed by atoms with Crippen molar-refractivity contribution in [3.8, 4) is 0 Å². The highest BCUT2D eigenvalue weighted by atomic mass is 15.2. The van der Waals surface area contributed by atoms with Crippen LogP contribution in [0.5, 0.6) is 0 Å². The van der Waals surface area contributed by atoms with Gasteiger partial charge in [0.2, 0.25) is 0 Å². The van der Waals surface area contributed by atoms with Crippen molar-refractivity contribution in [2.45, 2.75) is 52.5 Å². The van der Waals surface area contributed by atoms with Crippen molar-refractivity contribution in [2.75, 3.05) is 46.8 Å². The van der Waals surface area contributed by atoms with Crippen LogP contribution in [0.1, 0.15) is 46.5 Å². The van der Waals surface area contributed by atoms with Crippen LogP contribution in [0.25, 0.3) is 0 Å². The number of hydrogen-bond acceptors (Lipinski definition) is 3. The van der Waals surface area contributed by atoms with E-state index in [0.717, 1.165) is 19.1 Å². The van der Waals surface area contributed by atoms with Crippen LogP contribution >= 0.6 is 0 Å². The van der Waals surface area contributed by atoms with E-state index in [1.807, 2.05) is 0 Å². The Morgan fingerprint density at radius 1 is 0.944 bits per heavy atom. The van der Waals surface area contributed by atoms with Crippen molar-refractivity contribution in [3.63, 3.8) is 0 Å². The molecular formula is C15H35N3. The summed E-state index contributed by atoms with van der Waals surface area (Å²) in [5.74, 6) is 0. The lowest BCUT2D eigenvalue weighted by molar-refractivity contribution is 0.201. The molecular weight excluding hydrogens is 222 g/mol. The van der Waals surface area contributed by atoms with Crippen molar-refractivity contribution >= 4 is 0 Å². The first-order valence-electron chi connectivity index (χ1n) is 7.71. The molecule has 0 aromatic rings. The van der Waals surface area contributed by atoms with Crippen LogP contribution in [-0.2, 0) is 0 Å². The summed E-state index contributed by atoms with van der Waals surface area (Å²) >= 11 is 0. The Labute approximate surface area is 115 Å². The SMILES string of the molecule is CCCCN(CCNCCCN(C)C)C(C)CC. The third-order valence-electron chi connectivity index (χ3n) is 3.55. The average Bonchev–Trinajstić information content (AvgIpc) is 2.35. The monoisotopic (exact) mass is 257 g/mol. The highest BCUT2D eigenvalue weighted by Crippen LogP contribution is 2.04. The molecule has 1 atom stereocenters. The fourth-order valence-corrected chi connectivity index (χ4v) is 2.04. The molecule has 0 saturated heterocycles. The van der Waals surface area contributed by atoms with Crippen LogP contribution in [-0.4, -0.2) is 62.7 Å². The molecule has 0 amide bonds. The molecule has 0 aliphatic heterocycles. The van der Waals surface area contributed by atoms with Crippen molar-refractivity contribution in [1.29, 1.82) is 0 Å². The van der Waals surface area contributed by atoms with Crippen LogP contribution in [0.15, 0.2) is 0 Å². The first-order chi connectivity index (χ1) is 8.61. The Morgan fingerprint density at radius 3 is 2.22 bits per heavy atom. The van der Waals surface area contributed by atoms with E-state index in [1.165, 1.54) is 45.3 Å². The second kappa shape index (κ2) is 11.9. The fourth-order valence-electron chi connectivity index (χ4n) is 2.04. The van der Waals surface area contributed by atoms with Crippen LogP contribution in [0.2, 0.25) is 0 Å². The van der Waals surface area contributed by atoms with Gasteiger partial charge in [-0.3, -0.25) is 4.90 Å². The van der Waals surface area contributed by atoms with Crippen molar-refractivity contribution < 1.29 is 0 Å². The highest BCUT2D eigenvalue weighted by Gasteiger charge is 2.10. The third kappa shape index (κ3) is 9.86. The van der Waals surface area contributed by atoms with E-state index in [0.29, 0.717) is 0 Å². The summed E-state index contributed by atoms with van der Waals surface area (Å²) in [6, 6.07) is 0.722. The lowest BCUT2D eigenvalue weighted by Gasteiger charge is -2.28. The smallest absolute Gasteiger partial charge is 0.0110 e. The predicted octanol–water partition coefficient (Wildman–Crippen LogP) is 2.43. The summed E-state index contributed by atoms with van der Waals surface area (Å²) in [6.45, 7) is 12.8. The van der Waals surface area contributed by atoms with Gasteiger partial charge in [0.25, 0.3) is 0 Å². The van der Waals surface area contributed by atoms with Gasteiger partial charge in [0.15, 0.2) is 0 Å². The molecule has 18 heavy (non-hydrogen) atoms. The molecule has 0 spiro atoms. The molecule has 0 bridgehead atoms. The van der Waals surface area contributed by atoms with E-state index in [-0.39, 0.29) is 0 Å². The van der Waals surface area contributed by atoms with Gasteiger partial charge in [0.05, 0.1) is 0 Å². The molecule has 0 saturated carbocycles. The van der Waals surface area contributed by atoms with E-state index in [4.69, 9.17) is 0 Å². The topological polar surface area (TPSA) is 18.5 Å². The van der Waals surface area contributed by atoms with Crippen molar-refractivity contribution in [2.24, 2.45) is 0 Å². The quantitative estimate of drug-likeness (QED) is 0.542. The largest absolute Gasteiger partial charge is 0.315 e. The minimum Gasteiger partial charge on any atom is -0.315 e. The molecule has 110 valence electrons. The van der Waals surface area contributed by atoms with Gasteiger partial charge in [0.1, 0.15) is 0 Å². The second-order valence-corrected chi connectivity index (χ2v) is 5.55. The van der Waals surface area contributed by atoms with E-state index < -0.39 is 0 Å². The van der Waals surface area contributed by atoms with Gasteiger partial charge in [-0.2, -0.15) is 0 Å². The van der Waals surface area contributed by atoms with Gasteiger partial charge in [-0.05, 0) is 59.9 Å². The Kier molecular flexibility index (Phi) is 11.9. The fraction of sp³-hybridized carbons (Fsp3) is 1.00. The van der Waals surface area contributed by atoms with Crippen molar-refractivity contribution in [1.82, 2.24) is 15.1 Å². The zero-order valence-electron chi connectivity index (χ0n) is 13.3. The summed E-state index contributed by atoms with van der Waals surface area (Å²) < 4.78 is 0. The second-order valence-electron chi connectivity index (χ2n) is 5.55. The predicted molar refractivity (Wildman–Crippen MR) is 82.3 cm³/mol. The number of rotatable bonds is 12. The Morgan fingerprint density at radius 2 is 1.67 bits per heavy atom. The first kappa shape index (κ1) is 17.9.